The van der Waals surface area contributed by atoms with E-state index in [1.165, 1.54) is 16.0 Å². The van der Waals surface area contributed by atoms with E-state index in [2.05, 4.69) is 26.1 Å². The van der Waals surface area contributed by atoms with Crippen LogP contribution >= 0.6 is 11.3 Å². The quantitative estimate of drug-likeness (QED) is 0.815. The molecule has 138 valence electrons. The van der Waals surface area contributed by atoms with E-state index in [0.29, 0.717) is 17.9 Å². The molecule has 2 aromatic rings. The summed E-state index contributed by atoms with van der Waals surface area (Å²) in [6.45, 7) is 7.64. The molecule has 2 N–H and O–H groups in total. The third-order valence-electron chi connectivity index (χ3n) is 5.96. The van der Waals surface area contributed by atoms with E-state index < -0.39 is 0 Å². The first-order valence-corrected chi connectivity index (χ1v) is 9.98. The Balaban J connectivity index is 1.41. The van der Waals surface area contributed by atoms with Gasteiger partial charge in [0, 0.05) is 11.4 Å². The highest BCUT2D eigenvalue weighted by Gasteiger charge is 2.63. The number of hydrogen-bond acceptors (Lipinski definition) is 4. The molecule has 2 atom stereocenters. The first-order chi connectivity index (χ1) is 12.4. The van der Waals surface area contributed by atoms with Crippen LogP contribution in [-0.2, 0) is 13.0 Å². The van der Waals surface area contributed by atoms with Crippen molar-refractivity contribution in [3.05, 3.63) is 50.7 Å². The standard InChI is InChI=1S/C21H25NO3S/c1-12-17-15(10-16-18(17)21(16,2)3)19(26-12)20(24)22-11-13-4-6-14(7-5-13)25-9-8-23/h4-7,16,18,23H,8-11H2,1-3H3,(H,22,24)/t16-,18-/m1/s1. The number of nitrogens with one attached hydrogen (secondary N) is 1. The van der Waals surface area contributed by atoms with Gasteiger partial charge in [0.15, 0.2) is 0 Å². The third kappa shape index (κ3) is 2.83. The van der Waals surface area contributed by atoms with E-state index in [-0.39, 0.29) is 19.1 Å². The lowest BCUT2D eigenvalue weighted by molar-refractivity contribution is 0.0954. The molecule has 1 fully saturated rings. The number of fused-ring (bicyclic) bond motifs is 3. The number of amides is 1. The third-order valence-corrected chi connectivity index (χ3v) is 7.12. The van der Waals surface area contributed by atoms with E-state index in [0.717, 1.165) is 28.5 Å². The van der Waals surface area contributed by atoms with Crippen molar-refractivity contribution in [1.29, 1.82) is 0 Å². The van der Waals surface area contributed by atoms with E-state index in [4.69, 9.17) is 9.84 Å². The lowest BCUT2D eigenvalue weighted by Crippen LogP contribution is -2.23. The van der Waals surface area contributed by atoms with Gasteiger partial charge in [0.25, 0.3) is 5.91 Å². The SMILES string of the molecule is Cc1sc(C(=O)NCc2ccc(OCCO)cc2)c2c1[C@H]1[C@@H](C2)C1(C)C. The maximum Gasteiger partial charge on any atom is 0.261 e. The Kier molecular flexibility index (Phi) is 4.32. The van der Waals surface area contributed by atoms with Crippen LogP contribution in [0, 0.1) is 18.3 Å². The van der Waals surface area contributed by atoms with Crippen molar-refractivity contribution < 1.29 is 14.6 Å². The molecule has 2 aliphatic rings. The number of benzene rings is 1. The second kappa shape index (κ2) is 6.39. The zero-order valence-electron chi connectivity index (χ0n) is 15.5. The number of aliphatic hydroxyl groups excluding tert-OH is 1. The molecule has 1 aromatic heterocycles. The molecule has 4 nitrogen and oxygen atoms in total. The molecule has 1 amide bonds. The number of thiophene rings is 1. The van der Waals surface area contributed by atoms with E-state index in [1.54, 1.807) is 11.3 Å². The first-order valence-electron chi connectivity index (χ1n) is 9.16. The van der Waals surface area contributed by atoms with Crippen molar-refractivity contribution in [2.24, 2.45) is 11.3 Å². The fourth-order valence-electron chi connectivity index (χ4n) is 4.44. The second-order valence-electron chi connectivity index (χ2n) is 7.89. The van der Waals surface area contributed by atoms with Gasteiger partial charge in [0.1, 0.15) is 12.4 Å². The normalized spacial score (nSPS) is 21.8. The fourth-order valence-corrected chi connectivity index (χ4v) is 5.59. The lowest BCUT2D eigenvalue weighted by atomic mass is 9.95. The molecule has 0 radical (unpaired) electrons. The maximum atomic E-state index is 12.7. The summed E-state index contributed by atoms with van der Waals surface area (Å²) in [4.78, 5) is 14.9. The van der Waals surface area contributed by atoms with Crippen LogP contribution in [0.4, 0.5) is 0 Å². The summed E-state index contributed by atoms with van der Waals surface area (Å²) in [5.41, 5.74) is 4.20. The number of hydrogen-bond donors (Lipinski definition) is 2. The average Bonchev–Trinajstić information content (AvgIpc) is 2.97. The van der Waals surface area contributed by atoms with Crippen LogP contribution in [0.1, 0.15) is 51.0 Å². The summed E-state index contributed by atoms with van der Waals surface area (Å²) in [5, 5.41) is 11.8. The molecule has 0 aliphatic heterocycles. The van der Waals surface area contributed by atoms with Gasteiger partial charge in [-0.15, -0.1) is 11.3 Å². The predicted octanol–water partition coefficient (Wildman–Crippen LogP) is 3.65. The molecule has 0 unspecified atom stereocenters. The van der Waals surface area contributed by atoms with Crippen LogP contribution < -0.4 is 10.1 Å². The highest BCUT2D eigenvalue weighted by molar-refractivity contribution is 7.14. The first kappa shape index (κ1) is 17.6. The summed E-state index contributed by atoms with van der Waals surface area (Å²) in [7, 11) is 0. The topological polar surface area (TPSA) is 58.6 Å². The molecule has 0 bridgehead atoms. The van der Waals surface area contributed by atoms with Gasteiger partial charge in [-0.05, 0) is 59.4 Å². The lowest BCUT2D eigenvalue weighted by Gasteiger charge is -2.10. The molecule has 26 heavy (non-hydrogen) atoms. The van der Waals surface area contributed by atoms with Crippen molar-refractivity contribution >= 4 is 17.2 Å². The smallest absolute Gasteiger partial charge is 0.261 e. The molecule has 1 saturated carbocycles. The average molecular weight is 372 g/mol. The molecule has 5 heteroatoms. The molecular formula is C21H25NO3S. The monoisotopic (exact) mass is 371 g/mol. The van der Waals surface area contributed by atoms with Crippen molar-refractivity contribution in [3.63, 3.8) is 0 Å². The van der Waals surface area contributed by atoms with Gasteiger partial charge in [-0.2, -0.15) is 0 Å². The zero-order valence-corrected chi connectivity index (χ0v) is 16.3. The van der Waals surface area contributed by atoms with Gasteiger partial charge >= 0.3 is 0 Å². The molecule has 2 aliphatic carbocycles. The van der Waals surface area contributed by atoms with E-state index in [9.17, 15) is 4.79 Å². The van der Waals surface area contributed by atoms with Crippen LogP contribution in [0.25, 0.3) is 0 Å². The van der Waals surface area contributed by atoms with E-state index in [1.807, 2.05) is 24.3 Å². The Morgan fingerprint density at radius 3 is 2.77 bits per heavy atom. The van der Waals surface area contributed by atoms with Crippen LogP contribution in [0.15, 0.2) is 24.3 Å². The Labute approximate surface area is 158 Å². The minimum atomic E-state index is 0.00125. The summed E-state index contributed by atoms with van der Waals surface area (Å²) in [5.74, 6) is 2.14. The Morgan fingerprint density at radius 1 is 1.35 bits per heavy atom. The number of aliphatic hydroxyl groups is 1. The Bertz CT molecular complexity index is 838. The molecule has 1 aromatic carbocycles. The van der Waals surface area contributed by atoms with Crippen molar-refractivity contribution in [2.75, 3.05) is 13.2 Å². The van der Waals surface area contributed by atoms with Gasteiger partial charge in [0.2, 0.25) is 0 Å². The summed E-state index contributed by atoms with van der Waals surface area (Å²) < 4.78 is 5.35. The minimum absolute atomic E-state index is 0.00125. The van der Waals surface area contributed by atoms with Crippen molar-refractivity contribution in [2.45, 2.75) is 39.7 Å². The molecule has 0 spiro atoms. The minimum Gasteiger partial charge on any atom is -0.491 e. The Hall–Kier alpha value is -1.85. The van der Waals surface area contributed by atoms with Crippen molar-refractivity contribution in [3.8, 4) is 5.75 Å². The summed E-state index contributed by atoms with van der Waals surface area (Å²) >= 11 is 1.65. The van der Waals surface area contributed by atoms with E-state index >= 15 is 0 Å². The van der Waals surface area contributed by atoms with Gasteiger partial charge in [-0.1, -0.05) is 26.0 Å². The number of ether oxygens (including phenoxy) is 1. The summed E-state index contributed by atoms with van der Waals surface area (Å²) in [6.07, 6.45) is 1.05. The Morgan fingerprint density at radius 2 is 2.08 bits per heavy atom. The van der Waals surface area contributed by atoms with Gasteiger partial charge in [-0.25, -0.2) is 0 Å². The van der Waals surface area contributed by atoms with Gasteiger partial charge in [-0.3, -0.25) is 4.79 Å². The number of rotatable bonds is 6. The number of carbonyl (C=O) groups is 1. The fraction of sp³-hybridized carbons (Fsp3) is 0.476. The highest BCUT2D eigenvalue weighted by atomic mass is 32.1. The van der Waals surface area contributed by atoms with Crippen LogP contribution in [0.2, 0.25) is 0 Å². The number of carbonyl (C=O) groups excluding carboxylic acids is 1. The molecular weight excluding hydrogens is 346 g/mol. The molecule has 1 heterocycles. The largest absolute Gasteiger partial charge is 0.491 e. The maximum absolute atomic E-state index is 12.7. The second-order valence-corrected chi connectivity index (χ2v) is 9.11. The van der Waals surface area contributed by atoms with Gasteiger partial charge in [0.05, 0.1) is 11.5 Å². The summed E-state index contributed by atoms with van der Waals surface area (Å²) in [6, 6.07) is 7.60. The zero-order chi connectivity index (χ0) is 18.5. The van der Waals surface area contributed by atoms with Crippen LogP contribution in [0.3, 0.4) is 0 Å². The predicted molar refractivity (Wildman–Crippen MR) is 103 cm³/mol. The van der Waals surface area contributed by atoms with Crippen molar-refractivity contribution in [1.82, 2.24) is 5.32 Å². The molecule has 4 rings (SSSR count). The molecule has 0 saturated heterocycles. The number of aryl methyl sites for hydroxylation is 1. The van der Waals surface area contributed by atoms with Gasteiger partial charge < -0.3 is 15.2 Å². The van der Waals surface area contributed by atoms with Crippen LogP contribution in [0.5, 0.6) is 5.75 Å². The van der Waals surface area contributed by atoms with Crippen LogP contribution in [-0.4, -0.2) is 24.2 Å². The highest BCUT2D eigenvalue weighted by Crippen LogP contribution is 2.71.